The highest BCUT2D eigenvalue weighted by atomic mass is 35.5. The van der Waals surface area contributed by atoms with E-state index in [-0.39, 0.29) is 0 Å². The lowest BCUT2D eigenvalue weighted by molar-refractivity contribution is 0.361. The molecule has 1 N–H and O–H groups in total. The Morgan fingerprint density at radius 3 is 2.75 bits per heavy atom. The Bertz CT molecular complexity index is 557. The number of benzene rings is 1. The van der Waals surface area contributed by atoms with Crippen LogP contribution in [0, 0.1) is 5.92 Å². The third-order valence-electron chi connectivity index (χ3n) is 4.12. The molecule has 0 bridgehead atoms. The van der Waals surface area contributed by atoms with Crippen molar-refractivity contribution < 1.29 is 0 Å². The minimum absolute atomic E-state index is 0.548. The second-order valence-corrected chi connectivity index (χ2v) is 6.11. The maximum absolute atomic E-state index is 6.37. The van der Waals surface area contributed by atoms with Gasteiger partial charge in [-0.25, -0.2) is 4.98 Å². The van der Waals surface area contributed by atoms with Gasteiger partial charge in [0.15, 0.2) is 0 Å². The van der Waals surface area contributed by atoms with E-state index in [0.717, 1.165) is 22.3 Å². The average Bonchev–Trinajstić information content (AvgIpc) is 2.95. The quantitative estimate of drug-likeness (QED) is 0.900. The summed E-state index contributed by atoms with van der Waals surface area (Å²) in [4.78, 5) is 4.11. The van der Waals surface area contributed by atoms with Crippen LogP contribution in [-0.2, 0) is 0 Å². The van der Waals surface area contributed by atoms with Crippen molar-refractivity contribution in [2.45, 2.75) is 38.6 Å². The van der Waals surface area contributed by atoms with Crippen LogP contribution in [0.4, 0.5) is 5.69 Å². The minimum atomic E-state index is 0.548. The Morgan fingerprint density at radius 1 is 1.25 bits per heavy atom. The van der Waals surface area contributed by atoms with Crippen molar-refractivity contribution in [2.24, 2.45) is 5.92 Å². The predicted molar refractivity (Wildman–Crippen MR) is 83.6 cm³/mol. The van der Waals surface area contributed by atoms with E-state index in [4.69, 9.17) is 11.6 Å². The fourth-order valence-corrected chi connectivity index (χ4v) is 3.18. The average molecular weight is 290 g/mol. The minimum Gasteiger partial charge on any atom is -0.381 e. The third kappa shape index (κ3) is 2.83. The number of imidazole rings is 1. The molecule has 0 aliphatic heterocycles. The first-order valence-corrected chi connectivity index (χ1v) is 7.65. The molecule has 106 valence electrons. The number of halogens is 1. The van der Waals surface area contributed by atoms with Gasteiger partial charge < -0.3 is 9.88 Å². The maximum atomic E-state index is 6.37. The summed E-state index contributed by atoms with van der Waals surface area (Å²) in [6.07, 6.45) is 10.6. The first-order chi connectivity index (χ1) is 9.74. The van der Waals surface area contributed by atoms with Gasteiger partial charge >= 0.3 is 0 Å². The Labute approximate surface area is 125 Å². The number of para-hydroxylation sites is 1. The fraction of sp³-hybridized carbons (Fsp3) is 0.438. The highest BCUT2D eigenvalue weighted by Gasteiger charge is 2.19. The van der Waals surface area contributed by atoms with Crippen LogP contribution in [0.25, 0.3) is 5.69 Å². The van der Waals surface area contributed by atoms with E-state index in [1.54, 1.807) is 12.5 Å². The molecule has 1 aliphatic carbocycles. The second kappa shape index (κ2) is 5.88. The molecule has 2 aromatic rings. The van der Waals surface area contributed by atoms with Crippen molar-refractivity contribution >= 4 is 17.3 Å². The van der Waals surface area contributed by atoms with Crippen LogP contribution in [0.15, 0.2) is 36.9 Å². The topological polar surface area (TPSA) is 29.9 Å². The van der Waals surface area contributed by atoms with E-state index in [0.29, 0.717) is 6.04 Å². The number of hydrogen-bond acceptors (Lipinski definition) is 2. The number of rotatable bonds is 3. The van der Waals surface area contributed by atoms with E-state index in [9.17, 15) is 0 Å². The molecule has 1 aromatic carbocycles. The molecule has 1 aromatic heterocycles. The molecule has 0 amide bonds. The molecule has 0 saturated heterocycles. The molecule has 3 rings (SSSR count). The molecule has 0 atom stereocenters. The standard InChI is InChI=1S/C16H20ClN3/c1-12-5-7-13(8-6-12)19-15-4-2-3-14(17)16(15)20-10-9-18-11-20/h2-4,9-13,19H,5-8H2,1H3. The molecule has 1 fully saturated rings. The van der Waals surface area contributed by atoms with Crippen molar-refractivity contribution in [3.8, 4) is 5.69 Å². The largest absolute Gasteiger partial charge is 0.381 e. The summed E-state index contributed by atoms with van der Waals surface area (Å²) in [5.41, 5.74) is 2.08. The van der Waals surface area contributed by atoms with Crippen LogP contribution in [0.3, 0.4) is 0 Å². The SMILES string of the molecule is CC1CCC(Nc2cccc(Cl)c2-n2ccnc2)CC1. The first-order valence-electron chi connectivity index (χ1n) is 7.27. The molecule has 1 heterocycles. The zero-order valence-electron chi connectivity index (χ0n) is 11.7. The van der Waals surface area contributed by atoms with E-state index < -0.39 is 0 Å². The predicted octanol–water partition coefficient (Wildman–Crippen LogP) is 4.52. The summed E-state index contributed by atoms with van der Waals surface area (Å²) in [5, 5.41) is 4.41. The van der Waals surface area contributed by atoms with Gasteiger partial charge in [0.25, 0.3) is 0 Å². The Hall–Kier alpha value is -1.48. The van der Waals surface area contributed by atoms with Crippen molar-refractivity contribution in [3.05, 3.63) is 41.9 Å². The number of nitrogens with zero attached hydrogens (tertiary/aromatic N) is 2. The first kappa shape index (κ1) is 13.5. The molecule has 0 spiro atoms. The van der Waals surface area contributed by atoms with E-state index in [2.05, 4.69) is 23.3 Å². The van der Waals surface area contributed by atoms with Gasteiger partial charge in [0, 0.05) is 18.4 Å². The lowest BCUT2D eigenvalue weighted by Gasteiger charge is -2.28. The third-order valence-corrected chi connectivity index (χ3v) is 4.43. The highest BCUT2D eigenvalue weighted by Crippen LogP contribution is 2.32. The molecule has 20 heavy (non-hydrogen) atoms. The van der Waals surface area contributed by atoms with Crippen LogP contribution in [0.1, 0.15) is 32.6 Å². The second-order valence-electron chi connectivity index (χ2n) is 5.71. The van der Waals surface area contributed by atoms with Crippen LogP contribution in [0.2, 0.25) is 5.02 Å². The number of nitrogens with one attached hydrogen (secondary N) is 1. The lowest BCUT2D eigenvalue weighted by Crippen LogP contribution is -2.25. The fourth-order valence-electron chi connectivity index (χ4n) is 2.91. The van der Waals surface area contributed by atoms with Crippen molar-refractivity contribution in [1.82, 2.24) is 9.55 Å². The molecular formula is C16H20ClN3. The summed E-state index contributed by atoms with van der Waals surface area (Å²) in [6.45, 7) is 2.34. The summed E-state index contributed by atoms with van der Waals surface area (Å²) in [6, 6.07) is 6.56. The van der Waals surface area contributed by atoms with Gasteiger partial charge in [0.1, 0.15) is 0 Å². The Kier molecular flexibility index (Phi) is 3.97. The smallest absolute Gasteiger partial charge is 0.0992 e. The number of anilines is 1. The number of hydrogen-bond donors (Lipinski definition) is 1. The van der Waals surface area contributed by atoms with E-state index in [1.807, 2.05) is 22.9 Å². The highest BCUT2D eigenvalue weighted by molar-refractivity contribution is 6.33. The normalized spacial score (nSPS) is 22.7. The molecule has 0 radical (unpaired) electrons. The molecule has 1 saturated carbocycles. The van der Waals surface area contributed by atoms with Crippen LogP contribution >= 0.6 is 11.6 Å². The Morgan fingerprint density at radius 2 is 2.05 bits per heavy atom. The van der Waals surface area contributed by atoms with Crippen LogP contribution in [0.5, 0.6) is 0 Å². The maximum Gasteiger partial charge on any atom is 0.0992 e. The summed E-state index contributed by atoms with van der Waals surface area (Å²) < 4.78 is 1.97. The molecular weight excluding hydrogens is 270 g/mol. The molecule has 3 nitrogen and oxygen atoms in total. The van der Waals surface area contributed by atoms with Crippen LogP contribution in [-0.4, -0.2) is 15.6 Å². The van der Waals surface area contributed by atoms with Gasteiger partial charge in [0.2, 0.25) is 0 Å². The van der Waals surface area contributed by atoms with Crippen molar-refractivity contribution in [2.75, 3.05) is 5.32 Å². The zero-order valence-corrected chi connectivity index (χ0v) is 12.5. The van der Waals surface area contributed by atoms with Gasteiger partial charge in [-0.05, 0) is 43.7 Å². The molecule has 0 unspecified atom stereocenters. The van der Waals surface area contributed by atoms with Crippen molar-refractivity contribution in [3.63, 3.8) is 0 Å². The van der Waals surface area contributed by atoms with E-state index in [1.165, 1.54) is 25.7 Å². The molecule has 1 aliphatic rings. The summed E-state index contributed by atoms with van der Waals surface area (Å²) in [5.74, 6) is 0.862. The number of aromatic nitrogens is 2. The monoisotopic (exact) mass is 289 g/mol. The van der Waals surface area contributed by atoms with E-state index >= 15 is 0 Å². The van der Waals surface area contributed by atoms with Gasteiger partial charge in [-0.3, -0.25) is 0 Å². The van der Waals surface area contributed by atoms with Crippen molar-refractivity contribution in [1.29, 1.82) is 0 Å². The van der Waals surface area contributed by atoms with Gasteiger partial charge in [-0.2, -0.15) is 0 Å². The van der Waals surface area contributed by atoms with Gasteiger partial charge in [0.05, 0.1) is 22.7 Å². The van der Waals surface area contributed by atoms with Gasteiger partial charge in [-0.15, -0.1) is 0 Å². The summed E-state index contributed by atoms with van der Waals surface area (Å²) >= 11 is 6.37. The van der Waals surface area contributed by atoms with Crippen LogP contribution < -0.4 is 5.32 Å². The Balaban J connectivity index is 1.85. The summed E-state index contributed by atoms with van der Waals surface area (Å²) in [7, 11) is 0. The zero-order chi connectivity index (χ0) is 13.9. The lowest BCUT2D eigenvalue weighted by atomic mass is 9.87. The molecule has 4 heteroatoms. The van der Waals surface area contributed by atoms with Gasteiger partial charge in [-0.1, -0.05) is 24.6 Å².